The van der Waals surface area contributed by atoms with Crippen molar-refractivity contribution in [2.45, 2.75) is 19.9 Å². The Labute approximate surface area is 153 Å². The molecule has 6 nitrogen and oxygen atoms in total. The first-order valence-corrected chi connectivity index (χ1v) is 8.91. The van der Waals surface area contributed by atoms with Gasteiger partial charge < -0.3 is 24.8 Å². The lowest BCUT2D eigenvalue weighted by Gasteiger charge is -2.12. The fourth-order valence-corrected chi connectivity index (χ4v) is 2.41. The Kier molecular flexibility index (Phi) is 11.3. The lowest BCUT2D eigenvalue weighted by molar-refractivity contribution is 0.0698. The van der Waals surface area contributed by atoms with Crippen LogP contribution < -0.4 is 15.4 Å². The van der Waals surface area contributed by atoms with Crippen LogP contribution in [-0.4, -0.2) is 53.1 Å². The Bertz CT molecular complexity index is 498. The van der Waals surface area contributed by atoms with E-state index in [2.05, 4.69) is 31.6 Å². The molecule has 1 rings (SSSR count). The summed E-state index contributed by atoms with van der Waals surface area (Å²) >= 11 is 3.48. The summed E-state index contributed by atoms with van der Waals surface area (Å²) in [5, 5.41) is 6.55. The lowest BCUT2D eigenvalue weighted by Crippen LogP contribution is -2.38. The van der Waals surface area contributed by atoms with Crippen LogP contribution in [0.15, 0.2) is 27.7 Å². The van der Waals surface area contributed by atoms with Gasteiger partial charge in [0.1, 0.15) is 5.75 Å². The zero-order valence-corrected chi connectivity index (χ0v) is 16.3. The molecule has 0 aromatic heterocycles. The van der Waals surface area contributed by atoms with Crippen LogP contribution in [0, 0.1) is 0 Å². The Morgan fingerprint density at radius 1 is 1.17 bits per heavy atom. The number of aliphatic imine (C=N–C) groups is 1. The van der Waals surface area contributed by atoms with Gasteiger partial charge in [0, 0.05) is 36.8 Å². The molecule has 0 unspecified atom stereocenters. The van der Waals surface area contributed by atoms with Crippen molar-refractivity contribution in [1.82, 2.24) is 10.6 Å². The summed E-state index contributed by atoms with van der Waals surface area (Å²) in [4.78, 5) is 4.61. The summed E-state index contributed by atoms with van der Waals surface area (Å²) in [7, 11) is 3.34. The second-order valence-electron chi connectivity index (χ2n) is 5.04. The summed E-state index contributed by atoms with van der Waals surface area (Å²) in [5.74, 6) is 1.63. The van der Waals surface area contributed by atoms with Crippen molar-refractivity contribution in [2.24, 2.45) is 4.99 Å². The summed E-state index contributed by atoms with van der Waals surface area (Å²) in [6, 6.07) is 5.92. The van der Waals surface area contributed by atoms with E-state index in [-0.39, 0.29) is 0 Å². The van der Waals surface area contributed by atoms with Crippen molar-refractivity contribution in [3.8, 4) is 5.75 Å². The van der Waals surface area contributed by atoms with Crippen LogP contribution in [-0.2, 0) is 16.0 Å². The molecule has 0 atom stereocenters. The SMILES string of the molecule is CCNC(=NCc1cc(Br)ccc1OC)NCCCOCCOC. The van der Waals surface area contributed by atoms with Crippen LogP contribution in [0.5, 0.6) is 5.75 Å². The molecule has 0 aliphatic heterocycles. The first-order valence-electron chi connectivity index (χ1n) is 8.12. The normalized spacial score (nSPS) is 11.4. The third kappa shape index (κ3) is 8.52. The Hall–Kier alpha value is -1.31. The predicted octanol–water partition coefficient (Wildman–Crippen LogP) is 2.57. The molecule has 24 heavy (non-hydrogen) atoms. The molecule has 1 aromatic carbocycles. The van der Waals surface area contributed by atoms with E-state index < -0.39 is 0 Å². The predicted molar refractivity (Wildman–Crippen MR) is 101 cm³/mol. The lowest BCUT2D eigenvalue weighted by atomic mass is 10.2. The highest BCUT2D eigenvalue weighted by Gasteiger charge is 2.04. The number of methoxy groups -OCH3 is 2. The largest absolute Gasteiger partial charge is 0.496 e. The average molecular weight is 402 g/mol. The number of guanidine groups is 1. The van der Waals surface area contributed by atoms with E-state index in [1.54, 1.807) is 14.2 Å². The standard InChI is InChI=1S/C17H28BrN3O3/c1-4-19-17(20-8-5-9-24-11-10-22-2)21-13-14-12-15(18)6-7-16(14)23-3/h6-7,12H,4-5,8-11,13H2,1-3H3,(H2,19,20,21). The van der Waals surface area contributed by atoms with Gasteiger partial charge in [0.05, 0.1) is 26.9 Å². The third-order valence-corrected chi connectivity index (χ3v) is 3.68. The zero-order valence-electron chi connectivity index (χ0n) is 14.7. The van der Waals surface area contributed by atoms with Crippen LogP contribution in [0.25, 0.3) is 0 Å². The number of hydrogen-bond acceptors (Lipinski definition) is 4. The minimum absolute atomic E-state index is 0.544. The molecular weight excluding hydrogens is 374 g/mol. The fraction of sp³-hybridized carbons (Fsp3) is 0.588. The number of hydrogen-bond donors (Lipinski definition) is 2. The summed E-state index contributed by atoms with van der Waals surface area (Å²) in [6.07, 6.45) is 0.911. The van der Waals surface area contributed by atoms with Crippen LogP contribution >= 0.6 is 15.9 Å². The molecule has 0 radical (unpaired) electrons. The molecule has 0 heterocycles. The van der Waals surface area contributed by atoms with Crippen molar-refractivity contribution in [3.63, 3.8) is 0 Å². The summed E-state index contributed by atoms with van der Waals surface area (Å²) < 4.78 is 16.8. The van der Waals surface area contributed by atoms with Gasteiger partial charge in [-0.2, -0.15) is 0 Å². The van der Waals surface area contributed by atoms with Gasteiger partial charge in [-0.05, 0) is 31.5 Å². The molecule has 136 valence electrons. The molecule has 0 aliphatic carbocycles. The molecular formula is C17H28BrN3O3. The molecule has 0 amide bonds. The van der Waals surface area contributed by atoms with E-state index in [1.807, 2.05) is 25.1 Å². The molecule has 7 heteroatoms. The van der Waals surface area contributed by atoms with Gasteiger partial charge in [0.2, 0.25) is 0 Å². The summed E-state index contributed by atoms with van der Waals surface area (Å²) in [6.45, 7) is 6.17. The van der Waals surface area contributed by atoms with E-state index in [0.29, 0.717) is 26.4 Å². The van der Waals surface area contributed by atoms with E-state index >= 15 is 0 Å². The number of nitrogens with one attached hydrogen (secondary N) is 2. The van der Waals surface area contributed by atoms with Crippen LogP contribution in [0.4, 0.5) is 0 Å². The minimum Gasteiger partial charge on any atom is -0.496 e. The Balaban J connectivity index is 2.46. The molecule has 0 bridgehead atoms. The van der Waals surface area contributed by atoms with E-state index in [0.717, 1.165) is 41.3 Å². The fourth-order valence-electron chi connectivity index (χ4n) is 2.00. The highest BCUT2D eigenvalue weighted by Crippen LogP contribution is 2.23. The van der Waals surface area contributed by atoms with Crippen LogP contribution in [0.3, 0.4) is 0 Å². The molecule has 2 N–H and O–H groups in total. The molecule has 0 saturated carbocycles. The smallest absolute Gasteiger partial charge is 0.191 e. The van der Waals surface area contributed by atoms with Crippen LogP contribution in [0.2, 0.25) is 0 Å². The van der Waals surface area contributed by atoms with Gasteiger partial charge in [-0.25, -0.2) is 4.99 Å². The average Bonchev–Trinajstić information content (AvgIpc) is 2.59. The first kappa shape index (κ1) is 20.7. The summed E-state index contributed by atoms with van der Waals surface area (Å²) in [5.41, 5.74) is 1.03. The van der Waals surface area contributed by atoms with E-state index in [4.69, 9.17) is 14.2 Å². The quantitative estimate of drug-likeness (QED) is 0.339. The second-order valence-corrected chi connectivity index (χ2v) is 5.95. The second kappa shape index (κ2) is 13.0. The van der Waals surface area contributed by atoms with Crippen molar-refractivity contribution >= 4 is 21.9 Å². The van der Waals surface area contributed by atoms with Crippen molar-refractivity contribution in [1.29, 1.82) is 0 Å². The monoisotopic (exact) mass is 401 g/mol. The van der Waals surface area contributed by atoms with E-state index in [1.165, 1.54) is 0 Å². The molecule has 0 spiro atoms. The van der Waals surface area contributed by atoms with Crippen molar-refractivity contribution in [3.05, 3.63) is 28.2 Å². The molecule has 0 aliphatic rings. The Morgan fingerprint density at radius 2 is 2.00 bits per heavy atom. The Morgan fingerprint density at radius 3 is 2.71 bits per heavy atom. The van der Waals surface area contributed by atoms with Gasteiger partial charge in [0.25, 0.3) is 0 Å². The number of nitrogens with zero attached hydrogens (tertiary/aromatic N) is 1. The minimum atomic E-state index is 0.544. The molecule has 1 aromatic rings. The van der Waals surface area contributed by atoms with Gasteiger partial charge in [0.15, 0.2) is 5.96 Å². The topological polar surface area (TPSA) is 64.1 Å². The number of rotatable bonds is 11. The highest BCUT2D eigenvalue weighted by molar-refractivity contribution is 9.10. The van der Waals surface area contributed by atoms with Crippen LogP contribution in [0.1, 0.15) is 18.9 Å². The number of benzene rings is 1. The first-order chi connectivity index (χ1) is 11.7. The molecule has 0 fully saturated rings. The molecule has 0 saturated heterocycles. The van der Waals surface area contributed by atoms with Gasteiger partial charge in [-0.3, -0.25) is 0 Å². The maximum absolute atomic E-state index is 5.44. The van der Waals surface area contributed by atoms with Gasteiger partial charge in [-0.1, -0.05) is 15.9 Å². The maximum Gasteiger partial charge on any atom is 0.191 e. The van der Waals surface area contributed by atoms with E-state index in [9.17, 15) is 0 Å². The third-order valence-electron chi connectivity index (χ3n) is 3.18. The zero-order chi connectivity index (χ0) is 17.6. The highest BCUT2D eigenvalue weighted by atomic mass is 79.9. The van der Waals surface area contributed by atoms with Crippen molar-refractivity contribution < 1.29 is 14.2 Å². The van der Waals surface area contributed by atoms with Gasteiger partial charge >= 0.3 is 0 Å². The van der Waals surface area contributed by atoms with Crippen molar-refractivity contribution in [2.75, 3.05) is 47.1 Å². The maximum atomic E-state index is 5.44. The van der Waals surface area contributed by atoms with Gasteiger partial charge in [-0.15, -0.1) is 0 Å². The number of ether oxygens (including phenoxy) is 3. The number of halogens is 1.